The first-order valence-corrected chi connectivity index (χ1v) is 7.39. The Kier molecular flexibility index (Phi) is 5.49. The van der Waals surface area contributed by atoms with Crippen LogP contribution in [0.1, 0.15) is 24.8 Å². The molecular weight excluding hydrogens is 260 g/mol. The van der Waals surface area contributed by atoms with Crippen LogP contribution in [0, 0.1) is 0 Å². The highest BCUT2D eigenvalue weighted by Gasteiger charge is 2.16. The van der Waals surface area contributed by atoms with Crippen LogP contribution in [0.25, 0.3) is 0 Å². The molecule has 1 aromatic rings. The van der Waals surface area contributed by atoms with E-state index in [2.05, 4.69) is 24.1 Å². The van der Waals surface area contributed by atoms with Gasteiger partial charge in [0.15, 0.2) is 0 Å². The second-order valence-corrected chi connectivity index (χ2v) is 5.59. The number of hydrogen-bond acceptors (Lipinski definition) is 3. The number of ether oxygens (including phenoxy) is 1. The first-order valence-electron chi connectivity index (χ1n) is 7.02. The molecule has 1 heterocycles. The molecule has 2 rings (SSSR count). The highest BCUT2D eigenvalue weighted by Crippen LogP contribution is 2.24. The molecule has 4 heteroatoms. The molecule has 1 aromatic carbocycles. The predicted molar refractivity (Wildman–Crippen MR) is 81.1 cm³/mol. The molecule has 1 atom stereocenters. The van der Waals surface area contributed by atoms with Crippen LogP contribution in [-0.2, 0) is 11.2 Å². The maximum atomic E-state index is 6.28. The van der Waals surface area contributed by atoms with Crippen molar-refractivity contribution in [2.45, 2.75) is 31.8 Å². The Labute approximate surface area is 120 Å². The van der Waals surface area contributed by atoms with Crippen LogP contribution in [-0.4, -0.2) is 32.8 Å². The lowest BCUT2D eigenvalue weighted by Gasteiger charge is -2.29. The lowest BCUT2D eigenvalue weighted by atomic mass is 10.1. The van der Waals surface area contributed by atoms with Gasteiger partial charge in [-0.1, -0.05) is 17.7 Å². The van der Waals surface area contributed by atoms with Crippen molar-refractivity contribution in [1.82, 2.24) is 0 Å². The van der Waals surface area contributed by atoms with Crippen LogP contribution < -0.4 is 10.6 Å². The summed E-state index contributed by atoms with van der Waals surface area (Å²) in [6, 6.07) is 6.21. The topological polar surface area (TPSA) is 38.5 Å². The Morgan fingerprint density at radius 3 is 2.89 bits per heavy atom. The van der Waals surface area contributed by atoms with Crippen LogP contribution in [0.3, 0.4) is 0 Å². The maximum Gasteiger partial charge on any atom is 0.0749 e. The summed E-state index contributed by atoms with van der Waals surface area (Å²) in [7, 11) is 2.09. The summed E-state index contributed by atoms with van der Waals surface area (Å²) in [5.41, 5.74) is 7.82. The van der Waals surface area contributed by atoms with Gasteiger partial charge in [-0.15, -0.1) is 0 Å². The van der Waals surface area contributed by atoms with Crippen LogP contribution in [0.15, 0.2) is 18.2 Å². The second kappa shape index (κ2) is 7.13. The molecule has 0 saturated carbocycles. The van der Waals surface area contributed by atoms with E-state index in [0.29, 0.717) is 12.6 Å². The highest BCUT2D eigenvalue weighted by atomic mass is 35.5. The van der Waals surface area contributed by atoms with E-state index in [1.165, 1.54) is 12.8 Å². The van der Waals surface area contributed by atoms with Crippen LogP contribution in [0.4, 0.5) is 5.69 Å². The number of rotatable bonds is 5. The molecule has 2 N–H and O–H groups in total. The Bertz CT molecular complexity index is 405. The molecule has 1 unspecified atom stereocenters. The smallest absolute Gasteiger partial charge is 0.0749 e. The first-order chi connectivity index (χ1) is 9.20. The van der Waals surface area contributed by atoms with Crippen molar-refractivity contribution in [2.24, 2.45) is 5.73 Å². The summed E-state index contributed by atoms with van der Waals surface area (Å²) in [6.07, 6.45) is 4.80. The fourth-order valence-corrected chi connectivity index (χ4v) is 2.76. The number of likely N-dealkylation sites (N-methyl/N-ethyl adjacent to an activating group) is 1. The van der Waals surface area contributed by atoms with E-state index in [0.717, 1.165) is 42.3 Å². The fourth-order valence-electron chi connectivity index (χ4n) is 2.49. The summed E-state index contributed by atoms with van der Waals surface area (Å²) in [5, 5.41) is 0.805. The van der Waals surface area contributed by atoms with Gasteiger partial charge in [-0.2, -0.15) is 0 Å². The van der Waals surface area contributed by atoms with Crippen molar-refractivity contribution in [2.75, 3.05) is 31.6 Å². The third-order valence-corrected chi connectivity index (χ3v) is 3.99. The molecule has 0 aliphatic carbocycles. The molecule has 19 heavy (non-hydrogen) atoms. The van der Waals surface area contributed by atoms with E-state index < -0.39 is 0 Å². The fraction of sp³-hybridized carbons (Fsp3) is 0.600. The minimum Gasteiger partial charge on any atom is -0.376 e. The van der Waals surface area contributed by atoms with E-state index in [9.17, 15) is 0 Å². The summed E-state index contributed by atoms with van der Waals surface area (Å²) < 4.78 is 5.77. The number of halogens is 1. The van der Waals surface area contributed by atoms with E-state index in [1.54, 1.807) is 0 Å². The molecule has 0 spiro atoms. The predicted octanol–water partition coefficient (Wildman–Crippen LogP) is 2.85. The molecule has 0 radical (unpaired) electrons. The molecule has 1 saturated heterocycles. The zero-order chi connectivity index (χ0) is 13.7. The molecular formula is C15H23ClN2O. The quantitative estimate of drug-likeness (QED) is 0.902. The van der Waals surface area contributed by atoms with E-state index in [-0.39, 0.29) is 0 Å². The minimum absolute atomic E-state index is 0.348. The zero-order valence-corrected chi connectivity index (χ0v) is 12.3. The lowest BCUT2D eigenvalue weighted by molar-refractivity contribution is 0.0216. The van der Waals surface area contributed by atoms with Crippen molar-refractivity contribution in [3.63, 3.8) is 0 Å². The lowest BCUT2D eigenvalue weighted by Crippen LogP contribution is -2.33. The molecule has 1 aliphatic rings. The van der Waals surface area contributed by atoms with Gasteiger partial charge in [0.05, 0.1) is 6.10 Å². The number of hydrogen-bond donors (Lipinski definition) is 1. The minimum atomic E-state index is 0.348. The molecule has 106 valence electrons. The normalized spacial score (nSPS) is 19.4. The average molecular weight is 283 g/mol. The van der Waals surface area contributed by atoms with Gasteiger partial charge in [-0.05, 0) is 49.9 Å². The van der Waals surface area contributed by atoms with Gasteiger partial charge in [-0.3, -0.25) is 0 Å². The molecule has 0 bridgehead atoms. The number of nitrogens with two attached hydrogens (primary N) is 1. The highest BCUT2D eigenvalue weighted by molar-refractivity contribution is 6.31. The van der Waals surface area contributed by atoms with Crippen molar-refractivity contribution >= 4 is 17.3 Å². The van der Waals surface area contributed by atoms with Crippen molar-refractivity contribution in [3.8, 4) is 0 Å². The summed E-state index contributed by atoms with van der Waals surface area (Å²) >= 11 is 6.28. The second-order valence-electron chi connectivity index (χ2n) is 5.18. The Balaban J connectivity index is 1.98. The molecule has 0 amide bonds. The van der Waals surface area contributed by atoms with Crippen molar-refractivity contribution in [3.05, 3.63) is 28.8 Å². The van der Waals surface area contributed by atoms with Crippen molar-refractivity contribution < 1.29 is 4.74 Å². The molecule has 1 fully saturated rings. The van der Waals surface area contributed by atoms with Crippen LogP contribution in [0.5, 0.6) is 0 Å². The number of anilines is 1. The van der Waals surface area contributed by atoms with Gasteiger partial charge in [0.1, 0.15) is 0 Å². The molecule has 1 aliphatic heterocycles. The van der Waals surface area contributed by atoms with E-state index >= 15 is 0 Å². The largest absolute Gasteiger partial charge is 0.376 e. The summed E-state index contributed by atoms with van der Waals surface area (Å²) in [5.74, 6) is 0. The average Bonchev–Trinajstić information content (AvgIpc) is 2.42. The van der Waals surface area contributed by atoms with Gasteiger partial charge >= 0.3 is 0 Å². The van der Waals surface area contributed by atoms with Crippen molar-refractivity contribution in [1.29, 1.82) is 0 Å². The Morgan fingerprint density at radius 2 is 2.26 bits per heavy atom. The van der Waals surface area contributed by atoms with Gasteiger partial charge in [-0.25, -0.2) is 0 Å². The van der Waals surface area contributed by atoms with Gasteiger partial charge < -0.3 is 15.4 Å². The summed E-state index contributed by atoms with van der Waals surface area (Å²) in [4.78, 5) is 2.22. The molecule has 0 aromatic heterocycles. The number of nitrogens with zero attached hydrogens (tertiary/aromatic N) is 1. The van der Waals surface area contributed by atoms with E-state index in [4.69, 9.17) is 22.1 Å². The maximum absolute atomic E-state index is 6.28. The van der Waals surface area contributed by atoms with Gasteiger partial charge in [0.2, 0.25) is 0 Å². The first kappa shape index (κ1) is 14.6. The Morgan fingerprint density at radius 1 is 1.42 bits per heavy atom. The number of benzene rings is 1. The third kappa shape index (κ3) is 4.10. The monoisotopic (exact) mass is 282 g/mol. The van der Waals surface area contributed by atoms with Crippen LogP contribution in [0.2, 0.25) is 5.02 Å². The van der Waals surface area contributed by atoms with Crippen LogP contribution >= 0.6 is 11.6 Å². The third-order valence-electron chi connectivity index (χ3n) is 3.64. The van der Waals surface area contributed by atoms with Gasteiger partial charge in [0, 0.05) is 30.9 Å². The SMILES string of the molecule is CN(CC1CCCCO1)c1ccc(CCN)c(Cl)c1. The molecule has 3 nitrogen and oxygen atoms in total. The summed E-state index contributed by atoms with van der Waals surface area (Å²) in [6.45, 7) is 2.45. The van der Waals surface area contributed by atoms with Gasteiger partial charge in [0.25, 0.3) is 0 Å². The van der Waals surface area contributed by atoms with E-state index in [1.807, 2.05) is 6.07 Å². The zero-order valence-electron chi connectivity index (χ0n) is 11.6. The standard InChI is InChI=1S/C15H23ClN2O/c1-18(11-14-4-2-3-9-19-14)13-6-5-12(7-8-17)15(16)10-13/h5-6,10,14H,2-4,7-9,11,17H2,1H3. The Hall–Kier alpha value is -0.770.